The highest BCUT2D eigenvalue weighted by atomic mass is 32.2. The molecule has 112 valence electrons. The molecule has 1 aliphatic heterocycles. The SMILES string of the molecule is CCC1CCN(S(=O)(=O)c2ccccc2CNC)CC1. The van der Waals surface area contributed by atoms with Crippen LogP contribution in [0.4, 0.5) is 0 Å². The molecule has 2 rings (SSSR count). The standard InChI is InChI=1S/C15H24N2O2S/c1-3-13-8-10-17(11-9-13)20(18,19)15-7-5-4-6-14(15)12-16-2/h4-7,13,16H,3,8-12H2,1-2H3. The molecule has 0 saturated carbocycles. The van der Waals surface area contributed by atoms with Crippen LogP contribution < -0.4 is 5.32 Å². The molecule has 0 bridgehead atoms. The van der Waals surface area contributed by atoms with E-state index < -0.39 is 10.0 Å². The van der Waals surface area contributed by atoms with Crippen LogP contribution in [0.5, 0.6) is 0 Å². The minimum Gasteiger partial charge on any atom is -0.316 e. The first-order valence-corrected chi connectivity index (χ1v) is 8.76. The van der Waals surface area contributed by atoms with Crippen molar-refractivity contribution in [2.24, 2.45) is 5.92 Å². The molecule has 0 unspecified atom stereocenters. The summed E-state index contributed by atoms with van der Waals surface area (Å²) >= 11 is 0. The predicted octanol–water partition coefficient (Wildman–Crippen LogP) is 2.22. The largest absolute Gasteiger partial charge is 0.316 e. The summed E-state index contributed by atoms with van der Waals surface area (Å²) in [6.07, 6.45) is 3.10. The van der Waals surface area contributed by atoms with Gasteiger partial charge in [0.05, 0.1) is 4.90 Å². The predicted molar refractivity (Wildman–Crippen MR) is 81.0 cm³/mol. The minimum absolute atomic E-state index is 0.448. The van der Waals surface area contributed by atoms with Gasteiger partial charge < -0.3 is 5.32 Å². The van der Waals surface area contributed by atoms with Crippen molar-refractivity contribution in [3.63, 3.8) is 0 Å². The average Bonchev–Trinajstić information content (AvgIpc) is 2.48. The number of rotatable bonds is 5. The molecule has 0 aromatic heterocycles. The van der Waals surface area contributed by atoms with Crippen LogP contribution in [0.2, 0.25) is 0 Å². The van der Waals surface area contributed by atoms with Gasteiger partial charge in [0.15, 0.2) is 0 Å². The number of hydrogen-bond acceptors (Lipinski definition) is 3. The van der Waals surface area contributed by atoms with Gasteiger partial charge in [-0.05, 0) is 37.4 Å². The third kappa shape index (κ3) is 3.22. The van der Waals surface area contributed by atoms with E-state index in [0.29, 0.717) is 30.4 Å². The van der Waals surface area contributed by atoms with Gasteiger partial charge in [-0.2, -0.15) is 4.31 Å². The molecule has 0 aliphatic carbocycles. The van der Waals surface area contributed by atoms with Gasteiger partial charge in [0.25, 0.3) is 0 Å². The first-order valence-electron chi connectivity index (χ1n) is 7.32. The fourth-order valence-corrected chi connectivity index (χ4v) is 4.48. The maximum absolute atomic E-state index is 12.8. The van der Waals surface area contributed by atoms with Gasteiger partial charge in [0.2, 0.25) is 10.0 Å². The molecule has 1 heterocycles. The number of sulfonamides is 1. The molecule has 1 aromatic carbocycles. The lowest BCUT2D eigenvalue weighted by atomic mass is 9.96. The van der Waals surface area contributed by atoms with Gasteiger partial charge in [0.1, 0.15) is 0 Å². The summed E-state index contributed by atoms with van der Waals surface area (Å²) in [5.41, 5.74) is 0.840. The fraction of sp³-hybridized carbons (Fsp3) is 0.600. The van der Waals surface area contributed by atoms with Gasteiger partial charge in [-0.1, -0.05) is 31.5 Å². The smallest absolute Gasteiger partial charge is 0.243 e. The second kappa shape index (κ2) is 6.70. The van der Waals surface area contributed by atoms with E-state index in [9.17, 15) is 8.42 Å². The third-order valence-corrected chi connectivity index (χ3v) is 6.11. The summed E-state index contributed by atoms with van der Waals surface area (Å²) in [5, 5.41) is 3.03. The van der Waals surface area contributed by atoms with Crippen molar-refractivity contribution in [1.29, 1.82) is 0 Å². The summed E-state index contributed by atoms with van der Waals surface area (Å²) in [7, 11) is -1.52. The zero-order valence-corrected chi connectivity index (χ0v) is 13.1. The van der Waals surface area contributed by atoms with Gasteiger partial charge in [-0.3, -0.25) is 0 Å². The first kappa shape index (κ1) is 15.5. The van der Waals surface area contributed by atoms with Crippen molar-refractivity contribution < 1.29 is 8.42 Å². The van der Waals surface area contributed by atoms with E-state index in [0.717, 1.165) is 24.8 Å². The van der Waals surface area contributed by atoms with Crippen LogP contribution in [-0.2, 0) is 16.6 Å². The van der Waals surface area contributed by atoms with E-state index >= 15 is 0 Å². The maximum atomic E-state index is 12.8. The molecular formula is C15H24N2O2S. The second-order valence-electron chi connectivity index (χ2n) is 5.39. The Morgan fingerprint density at radius 3 is 2.50 bits per heavy atom. The van der Waals surface area contributed by atoms with Crippen LogP contribution in [0, 0.1) is 5.92 Å². The van der Waals surface area contributed by atoms with E-state index in [1.54, 1.807) is 16.4 Å². The first-order chi connectivity index (χ1) is 9.59. The molecule has 0 spiro atoms. The van der Waals surface area contributed by atoms with E-state index in [-0.39, 0.29) is 0 Å². The Labute approximate surface area is 122 Å². The quantitative estimate of drug-likeness (QED) is 0.906. The van der Waals surface area contributed by atoms with Crippen molar-refractivity contribution in [3.05, 3.63) is 29.8 Å². The highest BCUT2D eigenvalue weighted by molar-refractivity contribution is 7.89. The third-order valence-electron chi connectivity index (χ3n) is 4.11. The van der Waals surface area contributed by atoms with E-state index in [1.807, 2.05) is 19.2 Å². The molecule has 0 radical (unpaired) electrons. The molecule has 1 N–H and O–H groups in total. The van der Waals surface area contributed by atoms with Crippen LogP contribution in [0.1, 0.15) is 31.7 Å². The molecular weight excluding hydrogens is 272 g/mol. The summed E-state index contributed by atoms with van der Waals surface area (Å²) < 4.78 is 27.2. The van der Waals surface area contributed by atoms with Gasteiger partial charge in [0, 0.05) is 19.6 Å². The summed E-state index contributed by atoms with van der Waals surface area (Å²) in [6, 6.07) is 7.27. The fourth-order valence-electron chi connectivity index (χ4n) is 2.79. The number of piperidine rings is 1. The Balaban J connectivity index is 2.23. The number of benzene rings is 1. The van der Waals surface area contributed by atoms with Gasteiger partial charge >= 0.3 is 0 Å². The molecule has 5 heteroatoms. The molecule has 20 heavy (non-hydrogen) atoms. The van der Waals surface area contributed by atoms with Crippen LogP contribution in [-0.4, -0.2) is 32.9 Å². The van der Waals surface area contributed by atoms with Crippen LogP contribution in [0.25, 0.3) is 0 Å². The average molecular weight is 296 g/mol. The Morgan fingerprint density at radius 2 is 1.90 bits per heavy atom. The van der Waals surface area contributed by atoms with E-state index in [4.69, 9.17) is 0 Å². The monoisotopic (exact) mass is 296 g/mol. The summed E-state index contributed by atoms with van der Waals surface area (Å²) in [4.78, 5) is 0.448. The highest BCUT2D eigenvalue weighted by Gasteiger charge is 2.30. The van der Waals surface area contributed by atoms with Crippen LogP contribution >= 0.6 is 0 Å². The van der Waals surface area contributed by atoms with Gasteiger partial charge in [-0.15, -0.1) is 0 Å². The Bertz CT molecular complexity index is 535. The lowest BCUT2D eigenvalue weighted by Gasteiger charge is -2.31. The number of nitrogens with one attached hydrogen (secondary N) is 1. The van der Waals surface area contributed by atoms with Crippen molar-refractivity contribution in [2.75, 3.05) is 20.1 Å². The lowest BCUT2D eigenvalue weighted by molar-refractivity contribution is 0.269. The molecule has 0 amide bonds. The molecule has 1 aliphatic rings. The normalized spacial score (nSPS) is 18.3. The Morgan fingerprint density at radius 1 is 1.25 bits per heavy atom. The lowest BCUT2D eigenvalue weighted by Crippen LogP contribution is -2.38. The second-order valence-corrected chi connectivity index (χ2v) is 7.30. The molecule has 0 atom stereocenters. The molecule has 1 aromatic rings. The summed E-state index contributed by atoms with van der Waals surface area (Å²) in [6.45, 7) is 4.04. The molecule has 1 saturated heterocycles. The Kier molecular flexibility index (Phi) is 5.18. The van der Waals surface area contributed by atoms with Crippen molar-refractivity contribution >= 4 is 10.0 Å². The minimum atomic E-state index is -3.35. The Hall–Kier alpha value is -0.910. The van der Waals surface area contributed by atoms with E-state index in [2.05, 4.69) is 12.2 Å². The summed E-state index contributed by atoms with van der Waals surface area (Å²) in [5.74, 6) is 0.675. The van der Waals surface area contributed by atoms with Crippen molar-refractivity contribution in [3.8, 4) is 0 Å². The van der Waals surface area contributed by atoms with E-state index in [1.165, 1.54) is 0 Å². The zero-order chi connectivity index (χ0) is 14.6. The van der Waals surface area contributed by atoms with Crippen molar-refractivity contribution in [1.82, 2.24) is 9.62 Å². The van der Waals surface area contributed by atoms with Crippen LogP contribution in [0.15, 0.2) is 29.2 Å². The maximum Gasteiger partial charge on any atom is 0.243 e. The topological polar surface area (TPSA) is 49.4 Å². The molecule has 4 nitrogen and oxygen atoms in total. The highest BCUT2D eigenvalue weighted by Crippen LogP contribution is 2.26. The van der Waals surface area contributed by atoms with Crippen molar-refractivity contribution in [2.45, 2.75) is 37.6 Å². The van der Waals surface area contributed by atoms with Gasteiger partial charge in [-0.25, -0.2) is 8.42 Å². The number of hydrogen-bond donors (Lipinski definition) is 1. The van der Waals surface area contributed by atoms with Crippen LogP contribution in [0.3, 0.4) is 0 Å². The zero-order valence-electron chi connectivity index (χ0n) is 12.3. The number of nitrogens with zero attached hydrogens (tertiary/aromatic N) is 1. The molecule has 1 fully saturated rings.